The van der Waals surface area contributed by atoms with Crippen LogP contribution in [0.15, 0.2) is 103 Å². The fourth-order valence-electron chi connectivity index (χ4n) is 3.51. The molecule has 4 heteroatoms. The van der Waals surface area contributed by atoms with E-state index in [1.54, 1.807) is 30.3 Å². The quantitative estimate of drug-likeness (QED) is 0.307. The zero-order valence-electron chi connectivity index (χ0n) is 19.3. The number of amides is 1. The van der Waals surface area contributed by atoms with Gasteiger partial charge >= 0.3 is 0 Å². The molecular weight excluding hydrogens is 410 g/mol. The van der Waals surface area contributed by atoms with E-state index in [1.807, 2.05) is 43.3 Å². The Bertz CT molecular complexity index is 1170. The highest BCUT2D eigenvalue weighted by Gasteiger charge is 2.08. The molecule has 0 heterocycles. The van der Waals surface area contributed by atoms with Crippen molar-refractivity contribution in [1.29, 1.82) is 0 Å². The van der Waals surface area contributed by atoms with Gasteiger partial charge in [-0.3, -0.25) is 4.79 Å². The number of rotatable bonds is 8. The average Bonchev–Trinajstić information content (AvgIpc) is 2.77. The summed E-state index contributed by atoms with van der Waals surface area (Å²) in [5.41, 5.74) is 6.36. The Balaban J connectivity index is 1.63. The number of phenols is 1. The number of ether oxygens (including phenoxy) is 1. The molecule has 0 aromatic heterocycles. The molecule has 168 valence electrons. The van der Waals surface area contributed by atoms with Gasteiger partial charge in [-0.2, -0.15) is 0 Å². The molecule has 0 atom stereocenters. The molecule has 0 saturated heterocycles. The lowest BCUT2D eigenvalue weighted by molar-refractivity contribution is 0.0967. The van der Waals surface area contributed by atoms with Gasteiger partial charge < -0.3 is 15.2 Å². The zero-order chi connectivity index (χ0) is 23.8. The van der Waals surface area contributed by atoms with Gasteiger partial charge in [-0.05, 0) is 67.8 Å². The first kappa shape index (κ1) is 23.6. The van der Waals surface area contributed by atoms with Crippen molar-refractivity contribution in [2.75, 3.05) is 0 Å². The summed E-state index contributed by atoms with van der Waals surface area (Å²) >= 11 is 0. The van der Waals surface area contributed by atoms with Crippen LogP contribution >= 0.6 is 0 Å². The molecule has 0 aliphatic rings. The second-order valence-corrected chi connectivity index (χ2v) is 7.93. The van der Waals surface area contributed by atoms with Crippen molar-refractivity contribution in [2.45, 2.75) is 27.4 Å². The summed E-state index contributed by atoms with van der Waals surface area (Å²) in [6.07, 6.45) is 5.43. The van der Waals surface area contributed by atoms with Crippen LogP contribution in [0.1, 0.15) is 34.0 Å². The highest BCUT2D eigenvalue weighted by Crippen LogP contribution is 2.22. The second kappa shape index (κ2) is 11.0. The predicted molar refractivity (Wildman–Crippen MR) is 134 cm³/mol. The lowest BCUT2D eigenvalue weighted by Gasteiger charge is -2.11. The third-order valence-electron chi connectivity index (χ3n) is 4.96. The van der Waals surface area contributed by atoms with Crippen LogP contribution in [0.2, 0.25) is 0 Å². The Hall–Kier alpha value is -4.05. The number of benzene rings is 3. The molecular formula is C29H29NO3. The Morgan fingerprint density at radius 1 is 0.970 bits per heavy atom. The fraction of sp³-hybridized carbons (Fsp3) is 0.138. The molecule has 0 fully saturated rings. The number of hydrogen-bond donors (Lipinski definition) is 2. The zero-order valence-corrected chi connectivity index (χ0v) is 19.3. The smallest absolute Gasteiger partial charge is 0.255 e. The number of phenolic OH excluding ortho intramolecular Hbond substituents is 1. The van der Waals surface area contributed by atoms with Gasteiger partial charge in [0.15, 0.2) is 0 Å². The fourth-order valence-corrected chi connectivity index (χ4v) is 3.51. The van der Waals surface area contributed by atoms with Crippen molar-refractivity contribution < 1.29 is 14.6 Å². The third kappa shape index (κ3) is 6.97. The summed E-state index contributed by atoms with van der Waals surface area (Å²) in [5, 5.41) is 12.2. The van der Waals surface area contributed by atoms with Gasteiger partial charge in [0.2, 0.25) is 0 Å². The monoisotopic (exact) mass is 439 g/mol. The standard InChI is InChI=1S/C29H29NO3/c1-5-6-28(33-19-23-16-20(2)15-21(3)17-23)18-22(4)30-29(32)26-9-7-24(8-10-26)25-11-13-27(31)14-12-25/h5-18,31H,4,19H2,1-3H3,(H,30,32)/b6-5-,28-18+. The SMILES string of the molecule is C=C(/C=C(\C=C/C)OCc1cc(C)cc(C)c1)NC(=O)c1ccc(-c2ccc(O)cc2)cc1. The molecule has 3 rings (SSSR count). The molecule has 0 unspecified atom stereocenters. The van der Waals surface area contributed by atoms with Gasteiger partial charge in [-0.15, -0.1) is 0 Å². The van der Waals surface area contributed by atoms with E-state index >= 15 is 0 Å². The number of carbonyl (C=O) groups excluding carboxylic acids is 1. The molecule has 4 nitrogen and oxygen atoms in total. The Morgan fingerprint density at radius 3 is 2.12 bits per heavy atom. The van der Waals surface area contributed by atoms with E-state index < -0.39 is 0 Å². The number of carbonyl (C=O) groups is 1. The number of nitrogens with one attached hydrogen (secondary N) is 1. The van der Waals surface area contributed by atoms with Gasteiger partial charge in [-0.1, -0.05) is 66.2 Å². The summed E-state index contributed by atoms with van der Waals surface area (Å²) in [7, 11) is 0. The Labute approximate surface area is 195 Å². The minimum atomic E-state index is -0.248. The molecule has 0 bridgehead atoms. The number of aromatic hydroxyl groups is 1. The normalized spacial score (nSPS) is 11.4. The molecule has 33 heavy (non-hydrogen) atoms. The minimum absolute atomic E-state index is 0.219. The minimum Gasteiger partial charge on any atom is -0.508 e. The van der Waals surface area contributed by atoms with E-state index in [2.05, 4.69) is 43.9 Å². The van der Waals surface area contributed by atoms with Gasteiger partial charge in [0.1, 0.15) is 18.1 Å². The molecule has 0 spiro atoms. The van der Waals surface area contributed by atoms with Crippen LogP contribution < -0.4 is 5.32 Å². The van der Waals surface area contributed by atoms with E-state index in [9.17, 15) is 9.90 Å². The summed E-state index contributed by atoms with van der Waals surface area (Å²) in [5.74, 6) is 0.587. The highest BCUT2D eigenvalue weighted by molar-refractivity contribution is 5.96. The van der Waals surface area contributed by atoms with Crippen LogP contribution in [-0.4, -0.2) is 11.0 Å². The van der Waals surface area contributed by atoms with Crippen molar-refractivity contribution in [3.63, 3.8) is 0 Å². The van der Waals surface area contributed by atoms with Crippen LogP contribution in [0.4, 0.5) is 0 Å². The summed E-state index contributed by atoms with van der Waals surface area (Å²) in [4.78, 5) is 12.6. The largest absolute Gasteiger partial charge is 0.508 e. The maximum Gasteiger partial charge on any atom is 0.255 e. The molecule has 0 aliphatic heterocycles. The molecule has 3 aromatic carbocycles. The molecule has 2 N–H and O–H groups in total. The molecule has 1 amide bonds. The van der Waals surface area contributed by atoms with E-state index in [0.717, 1.165) is 16.7 Å². The van der Waals surface area contributed by atoms with Gasteiger partial charge in [-0.25, -0.2) is 0 Å². The summed E-state index contributed by atoms with van der Waals surface area (Å²) in [6, 6.07) is 20.5. The van der Waals surface area contributed by atoms with E-state index in [1.165, 1.54) is 11.1 Å². The first-order valence-corrected chi connectivity index (χ1v) is 10.8. The average molecular weight is 440 g/mol. The first-order valence-electron chi connectivity index (χ1n) is 10.8. The van der Waals surface area contributed by atoms with Crippen LogP contribution in [0.3, 0.4) is 0 Å². The number of aryl methyl sites for hydroxylation is 2. The second-order valence-electron chi connectivity index (χ2n) is 7.93. The molecule has 0 aliphatic carbocycles. The number of allylic oxidation sites excluding steroid dienone is 3. The lowest BCUT2D eigenvalue weighted by Crippen LogP contribution is -2.21. The van der Waals surface area contributed by atoms with Crippen molar-refractivity contribution in [3.8, 4) is 16.9 Å². The van der Waals surface area contributed by atoms with Crippen LogP contribution in [0, 0.1) is 13.8 Å². The molecule has 3 aromatic rings. The lowest BCUT2D eigenvalue weighted by atomic mass is 10.0. The van der Waals surface area contributed by atoms with Crippen molar-refractivity contribution >= 4 is 5.91 Å². The van der Waals surface area contributed by atoms with Gasteiger partial charge in [0.05, 0.1) is 0 Å². The maximum absolute atomic E-state index is 12.6. The van der Waals surface area contributed by atoms with Gasteiger partial charge in [0, 0.05) is 17.3 Å². The summed E-state index contributed by atoms with van der Waals surface area (Å²) in [6.45, 7) is 10.4. The number of hydrogen-bond acceptors (Lipinski definition) is 3. The highest BCUT2D eigenvalue weighted by atomic mass is 16.5. The third-order valence-corrected chi connectivity index (χ3v) is 4.96. The summed E-state index contributed by atoms with van der Waals surface area (Å²) < 4.78 is 5.95. The van der Waals surface area contributed by atoms with Crippen molar-refractivity contribution in [2.24, 2.45) is 0 Å². The van der Waals surface area contributed by atoms with E-state index in [-0.39, 0.29) is 11.7 Å². The Kier molecular flexibility index (Phi) is 7.87. The predicted octanol–water partition coefficient (Wildman–Crippen LogP) is 6.60. The van der Waals surface area contributed by atoms with Crippen LogP contribution in [-0.2, 0) is 11.3 Å². The van der Waals surface area contributed by atoms with Crippen LogP contribution in [0.5, 0.6) is 5.75 Å². The first-order chi connectivity index (χ1) is 15.8. The maximum atomic E-state index is 12.6. The Morgan fingerprint density at radius 2 is 1.55 bits per heavy atom. The topological polar surface area (TPSA) is 58.6 Å². The van der Waals surface area contributed by atoms with Crippen LogP contribution in [0.25, 0.3) is 11.1 Å². The van der Waals surface area contributed by atoms with Crippen molar-refractivity contribution in [3.05, 3.63) is 125 Å². The van der Waals surface area contributed by atoms with E-state index in [0.29, 0.717) is 23.6 Å². The molecule has 0 radical (unpaired) electrons. The van der Waals surface area contributed by atoms with Crippen molar-refractivity contribution in [1.82, 2.24) is 5.32 Å². The van der Waals surface area contributed by atoms with Gasteiger partial charge in [0.25, 0.3) is 5.91 Å². The molecule has 0 saturated carbocycles. The van der Waals surface area contributed by atoms with E-state index in [4.69, 9.17) is 4.74 Å².